The molecule has 0 bridgehead atoms. The molecule has 4 nitrogen and oxygen atoms in total. The number of carbonyl (C=O) groups is 2. The Morgan fingerprint density at radius 1 is 0.818 bits per heavy atom. The summed E-state index contributed by atoms with van der Waals surface area (Å²) >= 11 is 0. The lowest BCUT2D eigenvalue weighted by Gasteiger charge is -2.13. The number of nitrogens with one attached hydrogen (secondary N) is 1. The number of carbonyl (C=O) groups excluding carboxylic acids is 2. The zero-order valence-corrected chi connectivity index (χ0v) is 14.7. The van der Waals surface area contributed by atoms with Crippen LogP contribution < -0.4 is 11.1 Å². The molecular weight excluding hydrogens is 276 g/mol. The van der Waals surface area contributed by atoms with Crippen LogP contribution in [-0.4, -0.2) is 17.9 Å². The molecule has 4 heteroatoms. The Balaban J connectivity index is 3.35. The molecule has 0 saturated carbocycles. The van der Waals surface area contributed by atoms with E-state index in [1.165, 1.54) is 71.1 Å². The fraction of sp³-hybridized carbons (Fsp3) is 0.889. The van der Waals surface area contributed by atoms with Crippen molar-refractivity contribution >= 4 is 11.8 Å². The third kappa shape index (κ3) is 13.9. The van der Waals surface area contributed by atoms with Gasteiger partial charge in [-0.1, -0.05) is 84.0 Å². The highest BCUT2D eigenvalue weighted by atomic mass is 16.2. The summed E-state index contributed by atoms with van der Waals surface area (Å²) < 4.78 is 0. The van der Waals surface area contributed by atoms with Crippen LogP contribution in [-0.2, 0) is 9.59 Å². The maximum absolute atomic E-state index is 11.2. The van der Waals surface area contributed by atoms with E-state index in [0.29, 0.717) is 6.42 Å². The van der Waals surface area contributed by atoms with E-state index in [4.69, 9.17) is 5.73 Å². The second-order valence-corrected chi connectivity index (χ2v) is 6.33. The fourth-order valence-corrected chi connectivity index (χ4v) is 2.72. The number of hydrogen-bond donors (Lipinski definition) is 2. The predicted molar refractivity (Wildman–Crippen MR) is 92.5 cm³/mol. The zero-order chi connectivity index (χ0) is 16.6. The maximum atomic E-state index is 11.2. The van der Waals surface area contributed by atoms with Crippen molar-refractivity contribution in [2.75, 3.05) is 0 Å². The molecular formula is C18H36N2O2. The summed E-state index contributed by atoms with van der Waals surface area (Å²) in [6.07, 6.45) is 16.1. The molecule has 0 aromatic heterocycles. The van der Waals surface area contributed by atoms with Crippen LogP contribution in [0, 0.1) is 0 Å². The molecule has 130 valence electrons. The molecule has 0 aromatic carbocycles. The highest BCUT2D eigenvalue weighted by Gasteiger charge is 2.15. The van der Waals surface area contributed by atoms with Crippen molar-refractivity contribution in [2.45, 2.75) is 103 Å². The van der Waals surface area contributed by atoms with Gasteiger partial charge >= 0.3 is 0 Å². The van der Waals surface area contributed by atoms with Gasteiger partial charge in [0.25, 0.3) is 0 Å². The second-order valence-electron chi connectivity index (χ2n) is 6.33. The monoisotopic (exact) mass is 312 g/mol. The van der Waals surface area contributed by atoms with Crippen molar-refractivity contribution in [3.63, 3.8) is 0 Å². The summed E-state index contributed by atoms with van der Waals surface area (Å²) in [5.41, 5.74) is 5.27. The van der Waals surface area contributed by atoms with Gasteiger partial charge in [-0.05, 0) is 6.42 Å². The van der Waals surface area contributed by atoms with Crippen molar-refractivity contribution < 1.29 is 9.59 Å². The van der Waals surface area contributed by atoms with Crippen molar-refractivity contribution in [3.8, 4) is 0 Å². The Kier molecular flexibility index (Phi) is 14.1. The van der Waals surface area contributed by atoms with Gasteiger partial charge in [0.05, 0.1) is 0 Å². The first-order valence-corrected chi connectivity index (χ1v) is 9.14. The molecule has 0 aliphatic heterocycles. The molecule has 1 atom stereocenters. The van der Waals surface area contributed by atoms with E-state index in [1.807, 2.05) is 0 Å². The topological polar surface area (TPSA) is 72.2 Å². The van der Waals surface area contributed by atoms with Crippen LogP contribution in [0.25, 0.3) is 0 Å². The van der Waals surface area contributed by atoms with Crippen LogP contribution in [0.4, 0.5) is 0 Å². The van der Waals surface area contributed by atoms with Crippen molar-refractivity contribution in [1.82, 2.24) is 5.32 Å². The fourth-order valence-electron chi connectivity index (χ4n) is 2.72. The molecule has 0 aliphatic carbocycles. The van der Waals surface area contributed by atoms with E-state index in [2.05, 4.69) is 12.2 Å². The molecule has 0 aromatic rings. The van der Waals surface area contributed by atoms with Gasteiger partial charge in [0.2, 0.25) is 11.8 Å². The normalized spacial score (nSPS) is 12.1. The predicted octanol–water partition coefficient (Wildman–Crippen LogP) is 4.07. The SMILES string of the molecule is CCCCCCCCCCCCCCC(NC(C)=O)C(N)=O. The first-order chi connectivity index (χ1) is 10.6. The molecule has 1 unspecified atom stereocenters. The summed E-state index contributed by atoms with van der Waals surface area (Å²) in [4.78, 5) is 22.1. The van der Waals surface area contributed by atoms with Gasteiger partial charge in [0.1, 0.15) is 6.04 Å². The summed E-state index contributed by atoms with van der Waals surface area (Å²) in [6.45, 7) is 3.67. The van der Waals surface area contributed by atoms with Crippen LogP contribution >= 0.6 is 0 Å². The van der Waals surface area contributed by atoms with Crippen LogP contribution in [0.15, 0.2) is 0 Å². The van der Waals surface area contributed by atoms with Gasteiger partial charge in [0, 0.05) is 6.92 Å². The van der Waals surface area contributed by atoms with E-state index >= 15 is 0 Å². The molecule has 0 fully saturated rings. The number of unbranched alkanes of at least 4 members (excludes halogenated alkanes) is 11. The second kappa shape index (κ2) is 14.9. The van der Waals surface area contributed by atoms with Crippen molar-refractivity contribution in [1.29, 1.82) is 0 Å². The van der Waals surface area contributed by atoms with Gasteiger partial charge in [-0.25, -0.2) is 0 Å². The van der Waals surface area contributed by atoms with Gasteiger partial charge in [0.15, 0.2) is 0 Å². The molecule has 0 spiro atoms. The number of nitrogens with two attached hydrogens (primary N) is 1. The van der Waals surface area contributed by atoms with Crippen LogP contribution in [0.3, 0.4) is 0 Å². The molecule has 22 heavy (non-hydrogen) atoms. The Bertz CT molecular complexity index is 293. The molecule has 0 radical (unpaired) electrons. The number of hydrogen-bond acceptors (Lipinski definition) is 2. The number of rotatable bonds is 15. The standard InChI is InChI=1S/C18H36N2O2/c1-3-4-5-6-7-8-9-10-11-12-13-14-15-17(18(19)22)20-16(2)21/h17H,3-15H2,1-2H3,(H2,19,22)(H,20,21). The summed E-state index contributed by atoms with van der Waals surface area (Å²) in [6, 6.07) is -0.499. The minimum Gasteiger partial charge on any atom is -0.368 e. The summed E-state index contributed by atoms with van der Waals surface area (Å²) in [5.74, 6) is -0.624. The molecule has 0 rings (SSSR count). The quantitative estimate of drug-likeness (QED) is 0.447. The molecule has 0 aliphatic rings. The lowest BCUT2D eigenvalue weighted by Crippen LogP contribution is -2.43. The van der Waals surface area contributed by atoms with Gasteiger partial charge in [-0.2, -0.15) is 0 Å². The third-order valence-corrected chi connectivity index (χ3v) is 4.07. The molecule has 0 saturated heterocycles. The minimum atomic E-state index is -0.499. The molecule has 2 amide bonds. The third-order valence-electron chi connectivity index (χ3n) is 4.07. The van der Waals surface area contributed by atoms with Crippen LogP contribution in [0.2, 0.25) is 0 Å². The Hall–Kier alpha value is -1.06. The highest BCUT2D eigenvalue weighted by molar-refractivity contribution is 5.85. The first-order valence-electron chi connectivity index (χ1n) is 9.14. The van der Waals surface area contributed by atoms with E-state index in [0.717, 1.165) is 12.8 Å². The lowest BCUT2D eigenvalue weighted by molar-refractivity contribution is -0.126. The Labute approximate surface area is 136 Å². The molecule has 3 N–H and O–H groups in total. The van der Waals surface area contributed by atoms with E-state index in [1.54, 1.807) is 0 Å². The van der Waals surface area contributed by atoms with Gasteiger partial charge < -0.3 is 11.1 Å². The summed E-state index contributed by atoms with van der Waals surface area (Å²) in [7, 11) is 0. The highest BCUT2D eigenvalue weighted by Crippen LogP contribution is 2.13. The minimum absolute atomic E-state index is 0.192. The van der Waals surface area contributed by atoms with Crippen molar-refractivity contribution in [3.05, 3.63) is 0 Å². The van der Waals surface area contributed by atoms with E-state index in [-0.39, 0.29) is 5.91 Å². The number of primary amides is 1. The lowest BCUT2D eigenvalue weighted by atomic mass is 10.0. The Morgan fingerprint density at radius 2 is 1.23 bits per heavy atom. The van der Waals surface area contributed by atoms with E-state index < -0.39 is 11.9 Å². The van der Waals surface area contributed by atoms with Crippen LogP contribution in [0.5, 0.6) is 0 Å². The first kappa shape index (κ1) is 20.9. The van der Waals surface area contributed by atoms with Crippen molar-refractivity contribution in [2.24, 2.45) is 5.73 Å². The summed E-state index contributed by atoms with van der Waals surface area (Å²) in [5, 5.41) is 2.61. The van der Waals surface area contributed by atoms with E-state index in [9.17, 15) is 9.59 Å². The van der Waals surface area contributed by atoms with Gasteiger partial charge in [-0.15, -0.1) is 0 Å². The number of amides is 2. The zero-order valence-electron chi connectivity index (χ0n) is 14.7. The molecule has 0 heterocycles. The maximum Gasteiger partial charge on any atom is 0.239 e. The largest absolute Gasteiger partial charge is 0.368 e. The Morgan fingerprint density at radius 3 is 1.59 bits per heavy atom. The van der Waals surface area contributed by atoms with Crippen LogP contribution in [0.1, 0.15) is 97.3 Å². The van der Waals surface area contributed by atoms with Gasteiger partial charge in [-0.3, -0.25) is 9.59 Å². The smallest absolute Gasteiger partial charge is 0.239 e. The average molecular weight is 312 g/mol. The average Bonchev–Trinajstić information content (AvgIpc) is 2.46.